The first-order valence-corrected chi connectivity index (χ1v) is 26.4. The van der Waals surface area contributed by atoms with Crippen molar-refractivity contribution in [3.63, 3.8) is 0 Å². The highest BCUT2D eigenvalue weighted by atomic mass is 35.5. The molecule has 3 heterocycles. The standard InChI is InChI=1S/C55H51Cl5O11S/c1-72-55-51(69-52(61)37-15-25-43(60)26-16-37)49(47-45(68-55)32-66-53(70-47)38-5-3-2-4-6-38)71-54-50(65-30-36-13-23-42(59)24-14-36)48(64-29-35-11-21-41(58)22-12-35)46(63-28-34-9-19-40(57)20-10-34)44(67-54)31-62-27-33-7-17-39(56)18-8-33/h2-26,44-51,53-55H,27-32H2,1H3/t44-,45-,46+,47+,48+,49+,50-,51-,53?,54+,55+/m1/s1. The molecule has 0 saturated carbocycles. The Hall–Kier alpha value is -3.77. The Morgan fingerprint density at radius 2 is 1.03 bits per heavy atom. The van der Waals surface area contributed by atoms with E-state index in [4.69, 9.17) is 105 Å². The lowest BCUT2D eigenvalue weighted by molar-refractivity contribution is -0.375. The largest absolute Gasteiger partial charge is 0.452 e. The van der Waals surface area contributed by atoms with E-state index in [0.29, 0.717) is 25.1 Å². The minimum atomic E-state index is -1.24. The van der Waals surface area contributed by atoms with Crippen LogP contribution >= 0.6 is 69.8 Å². The van der Waals surface area contributed by atoms with Crippen molar-refractivity contribution in [3.05, 3.63) is 210 Å². The summed E-state index contributed by atoms with van der Waals surface area (Å²) in [5.74, 6) is -0.619. The van der Waals surface area contributed by atoms with Crippen LogP contribution in [-0.4, -0.2) is 86.0 Å². The summed E-state index contributed by atoms with van der Waals surface area (Å²) >= 11 is 32.8. The minimum absolute atomic E-state index is 0.0289. The van der Waals surface area contributed by atoms with E-state index in [0.717, 1.165) is 27.8 Å². The normalized spacial score (nSPS) is 26.2. The van der Waals surface area contributed by atoms with E-state index in [9.17, 15) is 4.79 Å². The van der Waals surface area contributed by atoms with E-state index >= 15 is 0 Å². The Morgan fingerprint density at radius 1 is 0.542 bits per heavy atom. The monoisotopic (exact) mass is 1090 g/mol. The quantitative estimate of drug-likeness (QED) is 0.0720. The van der Waals surface area contributed by atoms with Gasteiger partial charge < -0.3 is 47.4 Å². The third-order valence-electron chi connectivity index (χ3n) is 12.3. The Labute approximate surface area is 448 Å². The maximum atomic E-state index is 14.2. The number of hydrogen-bond acceptors (Lipinski definition) is 12. The van der Waals surface area contributed by atoms with Gasteiger partial charge in [-0.1, -0.05) is 137 Å². The molecule has 3 fully saturated rings. The predicted molar refractivity (Wildman–Crippen MR) is 278 cm³/mol. The number of rotatable bonds is 19. The molecule has 3 saturated heterocycles. The molecule has 0 radical (unpaired) electrons. The van der Waals surface area contributed by atoms with E-state index in [1.54, 1.807) is 60.7 Å². The molecule has 17 heteroatoms. The van der Waals surface area contributed by atoms with Gasteiger partial charge in [0.15, 0.2) is 18.7 Å². The van der Waals surface area contributed by atoms with Gasteiger partial charge in [-0.2, -0.15) is 0 Å². The van der Waals surface area contributed by atoms with Gasteiger partial charge in [-0.15, -0.1) is 11.8 Å². The Bertz CT molecular complexity index is 2640. The summed E-state index contributed by atoms with van der Waals surface area (Å²) in [4.78, 5) is 14.2. The summed E-state index contributed by atoms with van der Waals surface area (Å²) < 4.78 is 68.1. The molecule has 0 N–H and O–H groups in total. The van der Waals surface area contributed by atoms with Gasteiger partial charge in [0.1, 0.15) is 48.2 Å². The third-order valence-corrected chi connectivity index (χ3v) is 14.4. The second kappa shape index (κ2) is 25.6. The molecular weight excluding hydrogens is 1050 g/mol. The average Bonchev–Trinajstić information content (AvgIpc) is 3.40. The summed E-state index contributed by atoms with van der Waals surface area (Å²) in [5, 5.41) is 2.82. The fraction of sp³-hybridized carbons (Fsp3) is 0.327. The van der Waals surface area contributed by atoms with E-state index in [-0.39, 0.29) is 45.2 Å². The van der Waals surface area contributed by atoms with Gasteiger partial charge in [0.25, 0.3) is 0 Å². The van der Waals surface area contributed by atoms with Crippen LogP contribution in [0.2, 0.25) is 25.1 Å². The molecule has 0 spiro atoms. The van der Waals surface area contributed by atoms with Crippen LogP contribution < -0.4 is 0 Å². The zero-order chi connectivity index (χ0) is 50.0. The number of ether oxygens (including phenoxy) is 10. The van der Waals surface area contributed by atoms with Gasteiger partial charge in [-0.3, -0.25) is 0 Å². The van der Waals surface area contributed by atoms with Crippen LogP contribution in [0, 0.1) is 0 Å². The number of carbonyl (C=O) groups is 1. The van der Waals surface area contributed by atoms with E-state index in [1.807, 2.05) is 97.3 Å². The number of fused-ring (bicyclic) bond motifs is 1. The van der Waals surface area contributed by atoms with Gasteiger partial charge in [0.05, 0.1) is 45.2 Å². The summed E-state index contributed by atoms with van der Waals surface area (Å²) in [6.07, 6.45) is -7.36. The van der Waals surface area contributed by atoms with Gasteiger partial charge in [-0.05, 0) is 101 Å². The second-order valence-corrected chi connectivity index (χ2v) is 20.4. The van der Waals surface area contributed by atoms with Gasteiger partial charge in [-0.25, -0.2) is 4.79 Å². The molecule has 11 atom stereocenters. The van der Waals surface area contributed by atoms with Crippen molar-refractivity contribution < 1.29 is 52.2 Å². The van der Waals surface area contributed by atoms with Crippen LogP contribution in [0.1, 0.15) is 44.5 Å². The maximum absolute atomic E-state index is 14.2. The fourth-order valence-corrected chi connectivity index (χ4v) is 9.97. The average molecular weight is 1100 g/mol. The molecule has 3 aliphatic rings. The van der Waals surface area contributed by atoms with Crippen molar-refractivity contribution >= 4 is 75.7 Å². The molecule has 3 aliphatic heterocycles. The summed E-state index contributed by atoms with van der Waals surface area (Å²) in [5.41, 5.74) is 3.75. The molecular formula is C55H51Cl5O11S. The van der Waals surface area contributed by atoms with E-state index in [2.05, 4.69) is 0 Å². The highest BCUT2D eigenvalue weighted by molar-refractivity contribution is 7.99. The Kier molecular flexibility index (Phi) is 18.9. The molecule has 0 aliphatic carbocycles. The van der Waals surface area contributed by atoms with Crippen molar-refractivity contribution in [1.29, 1.82) is 0 Å². The van der Waals surface area contributed by atoms with E-state index in [1.165, 1.54) is 11.8 Å². The Morgan fingerprint density at radius 3 is 1.56 bits per heavy atom. The molecule has 72 heavy (non-hydrogen) atoms. The molecule has 11 nitrogen and oxygen atoms in total. The van der Waals surface area contributed by atoms with Crippen LogP contribution in [0.5, 0.6) is 0 Å². The van der Waals surface area contributed by atoms with Crippen molar-refractivity contribution in [2.24, 2.45) is 0 Å². The number of thioether (sulfide) groups is 1. The summed E-state index contributed by atoms with van der Waals surface area (Å²) in [7, 11) is 0. The van der Waals surface area contributed by atoms with Gasteiger partial charge >= 0.3 is 5.97 Å². The van der Waals surface area contributed by atoms with Crippen molar-refractivity contribution in [3.8, 4) is 0 Å². The van der Waals surface area contributed by atoms with Crippen molar-refractivity contribution in [1.82, 2.24) is 0 Å². The molecule has 1 unspecified atom stereocenters. The van der Waals surface area contributed by atoms with Gasteiger partial charge in [0, 0.05) is 30.7 Å². The molecule has 9 rings (SSSR count). The second-order valence-electron chi connectivity index (χ2n) is 17.3. The number of benzene rings is 6. The lowest BCUT2D eigenvalue weighted by Crippen LogP contribution is -2.67. The van der Waals surface area contributed by atoms with Crippen LogP contribution in [0.4, 0.5) is 0 Å². The molecule has 6 aromatic carbocycles. The minimum Gasteiger partial charge on any atom is -0.452 e. The zero-order valence-corrected chi connectivity index (χ0v) is 43.4. The first kappa shape index (κ1) is 53.1. The summed E-state index contributed by atoms with van der Waals surface area (Å²) in [6, 6.07) is 45.6. The van der Waals surface area contributed by atoms with Crippen molar-refractivity contribution in [2.45, 2.75) is 93.3 Å². The topological polar surface area (TPSA) is 109 Å². The SMILES string of the molecule is CS[C@@H]1O[C@@H]2COC(c3ccccc3)O[C@@H]2[C@H](O[C@@H]2O[C@H](COCc3ccc(Cl)cc3)[C@H](OCc3ccc(Cl)cc3)[C@H](OCc3ccc(Cl)cc3)[C@H]2OCc2ccc(Cl)cc2)[C@H]1OC(=O)c1ccc(Cl)cc1. The number of carbonyl (C=O) groups excluding carboxylic acids is 1. The molecule has 6 aromatic rings. The number of halogens is 5. The van der Waals surface area contributed by atoms with Gasteiger partial charge in [0.2, 0.25) is 0 Å². The lowest BCUT2D eigenvalue weighted by atomic mass is 9.95. The zero-order valence-electron chi connectivity index (χ0n) is 38.8. The van der Waals surface area contributed by atoms with Crippen LogP contribution in [-0.2, 0) is 73.8 Å². The Balaban J connectivity index is 1.12. The first-order chi connectivity index (χ1) is 35.1. The lowest BCUT2D eigenvalue weighted by Gasteiger charge is -2.51. The number of hydrogen-bond donors (Lipinski definition) is 0. The smallest absolute Gasteiger partial charge is 0.338 e. The van der Waals surface area contributed by atoms with Crippen LogP contribution in [0.3, 0.4) is 0 Å². The summed E-state index contributed by atoms with van der Waals surface area (Å²) in [6.45, 7) is 0.792. The highest BCUT2D eigenvalue weighted by Gasteiger charge is 2.56. The molecule has 0 bridgehead atoms. The molecule has 0 amide bonds. The fourth-order valence-electron chi connectivity index (χ4n) is 8.61. The maximum Gasteiger partial charge on any atom is 0.338 e. The predicted octanol–water partition coefficient (Wildman–Crippen LogP) is 12.8. The first-order valence-electron chi connectivity index (χ1n) is 23.2. The van der Waals surface area contributed by atoms with E-state index < -0.39 is 72.8 Å². The van der Waals surface area contributed by atoms with Crippen LogP contribution in [0.25, 0.3) is 0 Å². The van der Waals surface area contributed by atoms with Crippen molar-refractivity contribution in [2.75, 3.05) is 19.5 Å². The van der Waals surface area contributed by atoms with Crippen LogP contribution in [0.15, 0.2) is 152 Å². The highest BCUT2D eigenvalue weighted by Crippen LogP contribution is 2.42. The third kappa shape index (κ3) is 13.9. The number of esters is 1. The molecule has 378 valence electrons. The molecule has 0 aromatic heterocycles.